The lowest BCUT2D eigenvalue weighted by Crippen LogP contribution is -2.47. The molecular weight excluding hydrogens is 254 g/mol. The third-order valence-electron chi connectivity index (χ3n) is 4.23. The zero-order valence-electron chi connectivity index (χ0n) is 12.4. The van der Waals surface area contributed by atoms with Crippen molar-refractivity contribution in [2.75, 3.05) is 26.9 Å². The Balaban J connectivity index is 2.01. The average molecular weight is 279 g/mol. The van der Waals surface area contributed by atoms with Crippen molar-refractivity contribution in [3.8, 4) is 5.75 Å². The fourth-order valence-corrected chi connectivity index (χ4v) is 2.76. The summed E-state index contributed by atoms with van der Waals surface area (Å²) in [7, 11) is 1.77. The third kappa shape index (κ3) is 3.51. The van der Waals surface area contributed by atoms with Gasteiger partial charge in [0, 0.05) is 51.3 Å². The highest BCUT2D eigenvalue weighted by molar-refractivity contribution is 5.34. The molecule has 0 amide bonds. The van der Waals surface area contributed by atoms with E-state index >= 15 is 0 Å². The van der Waals surface area contributed by atoms with E-state index in [0.29, 0.717) is 5.75 Å². The van der Waals surface area contributed by atoms with Gasteiger partial charge in [-0.3, -0.25) is 0 Å². The molecule has 4 heteroatoms. The molecule has 1 heterocycles. The minimum Gasteiger partial charge on any atom is -0.508 e. The van der Waals surface area contributed by atoms with E-state index in [1.807, 2.05) is 18.2 Å². The molecule has 0 aliphatic carbocycles. The summed E-state index contributed by atoms with van der Waals surface area (Å²) in [5, 5.41) is 13.5. The molecule has 2 N–H and O–H groups in total. The number of nitrogens with one attached hydrogen (secondary N) is 1. The summed E-state index contributed by atoms with van der Waals surface area (Å²) in [5.41, 5.74) is 0.809. The van der Waals surface area contributed by atoms with Gasteiger partial charge in [-0.05, 0) is 12.5 Å². The van der Waals surface area contributed by atoms with Gasteiger partial charge in [0.1, 0.15) is 5.75 Å². The number of aromatic hydroxyl groups is 1. The molecule has 1 fully saturated rings. The van der Waals surface area contributed by atoms with E-state index in [2.05, 4.69) is 12.2 Å². The Labute approximate surface area is 121 Å². The van der Waals surface area contributed by atoms with Crippen LogP contribution in [0, 0.1) is 0 Å². The predicted octanol–water partition coefficient (Wildman–Crippen LogP) is 2.63. The number of phenolic OH excluding ortho intramolecular Hbond substituents is 1. The Morgan fingerprint density at radius 1 is 1.35 bits per heavy atom. The van der Waals surface area contributed by atoms with Crippen molar-refractivity contribution in [3.63, 3.8) is 0 Å². The fourth-order valence-electron chi connectivity index (χ4n) is 2.76. The molecule has 0 radical (unpaired) electrons. The minimum absolute atomic E-state index is 0.143. The van der Waals surface area contributed by atoms with E-state index in [1.54, 1.807) is 13.2 Å². The molecule has 1 aromatic rings. The van der Waals surface area contributed by atoms with Crippen LogP contribution in [0.25, 0.3) is 0 Å². The second kappa shape index (κ2) is 7.07. The van der Waals surface area contributed by atoms with Crippen molar-refractivity contribution >= 4 is 0 Å². The Morgan fingerprint density at radius 3 is 2.65 bits per heavy atom. The van der Waals surface area contributed by atoms with Crippen LogP contribution in [-0.2, 0) is 9.47 Å². The second-order valence-electron chi connectivity index (χ2n) is 5.40. The Kier molecular flexibility index (Phi) is 5.40. The standard InChI is InChI=1S/C16H25NO3/c1-3-14(13-6-4-5-7-15(13)18)17-12-16(19-2)8-10-20-11-9-16/h4-7,14,17-18H,3,8-12H2,1-2H3/t14-/m1/s1. The van der Waals surface area contributed by atoms with Gasteiger partial charge in [-0.15, -0.1) is 0 Å². The summed E-state index contributed by atoms with van der Waals surface area (Å²) < 4.78 is 11.2. The van der Waals surface area contributed by atoms with Gasteiger partial charge in [0.25, 0.3) is 0 Å². The Bertz CT molecular complexity index is 416. The van der Waals surface area contributed by atoms with E-state index < -0.39 is 0 Å². The number of phenols is 1. The first-order valence-corrected chi connectivity index (χ1v) is 7.35. The zero-order chi connectivity index (χ0) is 14.4. The van der Waals surface area contributed by atoms with Gasteiger partial charge < -0.3 is 19.9 Å². The highest BCUT2D eigenvalue weighted by atomic mass is 16.5. The fraction of sp³-hybridized carbons (Fsp3) is 0.625. The minimum atomic E-state index is -0.143. The molecule has 1 aliphatic rings. The first-order chi connectivity index (χ1) is 9.71. The average Bonchev–Trinajstić information content (AvgIpc) is 2.50. The molecule has 1 atom stereocenters. The van der Waals surface area contributed by atoms with Gasteiger partial charge >= 0.3 is 0 Å². The SMILES string of the molecule is CC[C@@H](NCC1(OC)CCOCC1)c1ccccc1O. The maximum absolute atomic E-state index is 9.98. The molecule has 0 aromatic heterocycles. The van der Waals surface area contributed by atoms with Crippen LogP contribution in [0.1, 0.15) is 37.8 Å². The van der Waals surface area contributed by atoms with Crippen molar-refractivity contribution in [1.29, 1.82) is 0 Å². The summed E-state index contributed by atoms with van der Waals surface area (Å²) in [6.45, 7) is 4.40. The van der Waals surface area contributed by atoms with Gasteiger partial charge in [-0.1, -0.05) is 25.1 Å². The molecule has 0 spiro atoms. The van der Waals surface area contributed by atoms with Crippen LogP contribution in [0.15, 0.2) is 24.3 Å². The second-order valence-corrected chi connectivity index (χ2v) is 5.40. The smallest absolute Gasteiger partial charge is 0.120 e. The molecule has 0 bridgehead atoms. The van der Waals surface area contributed by atoms with E-state index in [4.69, 9.17) is 9.47 Å². The largest absolute Gasteiger partial charge is 0.508 e. The zero-order valence-corrected chi connectivity index (χ0v) is 12.4. The van der Waals surface area contributed by atoms with Crippen LogP contribution < -0.4 is 5.32 Å². The first kappa shape index (κ1) is 15.3. The number of hydrogen-bond acceptors (Lipinski definition) is 4. The van der Waals surface area contributed by atoms with Gasteiger partial charge in [-0.2, -0.15) is 0 Å². The van der Waals surface area contributed by atoms with Crippen molar-refractivity contribution in [2.45, 2.75) is 37.8 Å². The van der Waals surface area contributed by atoms with E-state index in [-0.39, 0.29) is 11.6 Å². The summed E-state index contributed by atoms with van der Waals surface area (Å²) in [6, 6.07) is 7.66. The lowest BCUT2D eigenvalue weighted by Gasteiger charge is -2.37. The molecule has 1 aromatic carbocycles. The van der Waals surface area contributed by atoms with E-state index in [0.717, 1.165) is 44.6 Å². The van der Waals surface area contributed by atoms with Gasteiger partial charge in [0.05, 0.1) is 5.60 Å². The highest BCUT2D eigenvalue weighted by Crippen LogP contribution is 2.28. The molecule has 0 unspecified atom stereocenters. The van der Waals surface area contributed by atoms with Crippen molar-refractivity contribution < 1.29 is 14.6 Å². The molecule has 1 aliphatic heterocycles. The normalized spacial score (nSPS) is 19.7. The predicted molar refractivity (Wildman–Crippen MR) is 78.9 cm³/mol. The first-order valence-electron chi connectivity index (χ1n) is 7.35. The molecular formula is C16H25NO3. The van der Waals surface area contributed by atoms with Crippen LogP contribution in [0.3, 0.4) is 0 Å². The maximum atomic E-state index is 9.98. The van der Waals surface area contributed by atoms with Crippen LogP contribution in [0.2, 0.25) is 0 Å². The number of methoxy groups -OCH3 is 1. The topological polar surface area (TPSA) is 50.7 Å². The van der Waals surface area contributed by atoms with E-state index in [1.165, 1.54) is 0 Å². The molecule has 0 saturated carbocycles. The number of rotatable bonds is 6. The van der Waals surface area contributed by atoms with Gasteiger partial charge in [0.15, 0.2) is 0 Å². The molecule has 20 heavy (non-hydrogen) atoms. The quantitative estimate of drug-likeness (QED) is 0.840. The van der Waals surface area contributed by atoms with Crippen LogP contribution in [0.5, 0.6) is 5.75 Å². The monoisotopic (exact) mass is 279 g/mol. The molecule has 2 rings (SSSR count). The van der Waals surface area contributed by atoms with E-state index in [9.17, 15) is 5.11 Å². The molecule has 112 valence electrons. The Morgan fingerprint density at radius 2 is 2.05 bits per heavy atom. The van der Waals surface area contributed by atoms with Gasteiger partial charge in [0.2, 0.25) is 0 Å². The number of para-hydroxylation sites is 1. The Hall–Kier alpha value is -1.10. The lowest BCUT2D eigenvalue weighted by molar-refractivity contribution is -0.0887. The van der Waals surface area contributed by atoms with Crippen molar-refractivity contribution in [1.82, 2.24) is 5.32 Å². The summed E-state index contributed by atoms with van der Waals surface area (Å²) in [5.74, 6) is 0.352. The van der Waals surface area contributed by atoms with Gasteiger partial charge in [-0.25, -0.2) is 0 Å². The third-order valence-corrected chi connectivity index (χ3v) is 4.23. The van der Waals surface area contributed by atoms with Crippen LogP contribution in [0.4, 0.5) is 0 Å². The van der Waals surface area contributed by atoms with Crippen LogP contribution in [-0.4, -0.2) is 37.6 Å². The summed E-state index contributed by atoms with van der Waals surface area (Å²) >= 11 is 0. The number of benzene rings is 1. The maximum Gasteiger partial charge on any atom is 0.120 e. The summed E-state index contributed by atoms with van der Waals surface area (Å²) in [4.78, 5) is 0. The van der Waals surface area contributed by atoms with Crippen molar-refractivity contribution in [3.05, 3.63) is 29.8 Å². The molecule has 4 nitrogen and oxygen atoms in total. The molecule has 1 saturated heterocycles. The summed E-state index contributed by atoms with van der Waals surface area (Å²) in [6.07, 6.45) is 2.75. The number of ether oxygens (including phenoxy) is 2. The van der Waals surface area contributed by atoms with Crippen LogP contribution >= 0.6 is 0 Å². The van der Waals surface area contributed by atoms with Crippen molar-refractivity contribution in [2.24, 2.45) is 0 Å². The lowest BCUT2D eigenvalue weighted by atomic mass is 9.93. The highest BCUT2D eigenvalue weighted by Gasteiger charge is 2.33. The number of hydrogen-bond donors (Lipinski definition) is 2.